The summed E-state index contributed by atoms with van der Waals surface area (Å²) in [4.78, 5) is 15.0. The highest BCUT2D eigenvalue weighted by atomic mass is 16.2. The number of hydrogen-bond donors (Lipinski definition) is 2. The number of nitrogens with zero attached hydrogens (tertiary/aromatic N) is 1. The molecule has 1 aromatic carbocycles. The Morgan fingerprint density at radius 3 is 2.38 bits per heavy atom. The maximum Gasteiger partial charge on any atom is 0.314 e. The summed E-state index contributed by atoms with van der Waals surface area (Å²) in [5, 5.41) is 6.10. The van der Waals surface area contributed by atoms with Crippen LogP contribution in [0.1, 0.15) is 104 Å². The predicted octanol–water partition coefficient (Wildman–Crippen LogP) is 6.63. The fraction of sp³-hybridized carbons (Fsp3) is 0.750. The van der Waals surface area contributed by atoms with Crippen LogP contribution < -0.4 is 10.6 Å². The maximum atomic E-state index is 12.3. The molecule has 2 rings (SSSR count). The van der Waals surface area contributed by atoms with Gasteiger partial charge in [0.2, 0.25) is 0 Å². The topological polar surface area (TPSA) is 44.4 Å². The van der Waals surface area contributed by atoms with E-state index in [0.717, 1.165) is 32.4 Å². The lowest BCUT2D eigenvalue weighted by Crippen LogP contribution is -2.55. The van der Waals surface area contributed by atoms with Crippen LogP contribution in [0.2, 0.25) is 0 Å². The summed E-state index contributed by atoms with van der Waals surface area (Å²) in [7, 11) is 1.72. The van der Waals surface area contributed by atoms with E-state index in [9.17, 15) is 4.79 Å². The van der Waals surface area contributed by atoms with E-state index in [0.29, 0.717) is 12.0 Å². The molecule has 0 saturated heterocycles. The minimum atomic E-state index is -0.0542. The predicted molar refractivity (Wildman–Crippen MR) is 137 cm³/mol. The molecule has 0 radical (unpaired) electrons. The smallest absolute Gasteiger partial charge is 0.314 e. The van der Waals surface area contributed by atoms with Crippen molar-refractivity contribution in [2.24, 2.45) is 5.92 Å². The first-order valence-corrected chi connectivity index (χ1v) is 13.2. The summed E-state index contributed by atoms with van der Waals surface area (Å²) in [6, 6.07) is 9.82. The van der Waals surface area contributed by atoms with Gasteiger partial charge in [-0.15, -0.1) is 0 Å². The number of hydrogen-bond acceptors (Lipinski definition) is 2. The van der Waals surface area contributed by atoms with E-state index in [1.165, 1.54) is 44.1 Å². The summed E-state index contributed by atoms with van der Waals surface area (Å²) >= 11 is 0. The van der Waals surface area contributed by atoms with Crippen molar-refractivity contribution in [2.45, 2.75) is 116 Å². The lowest BCUT2D eigenvalue weighted by molar-refractivity contribution is 0.0765. The molecule has 1 aromatic rings. The molecule has 2 N–H and O–H groups in total. The zero-order valence-electron chi connectivity index (χ0n) is 21.7. The van der Waals surface area contributed by atoms with Crippen LogP contribution in [-0.4, -0.2) is 36.6 Å². The third kappa shape index (κ3) is 6.73. The molecule has 0 fully saturated rings. The second kappa shape index (κ2) is 13.2. The average molecular weight is 444 g/mol. The highest BCUT2D eigenvalue weighted by Gasteiger charge is 2.46. The van der Waals surface area contributed by atoms with Crippen LogP contribution >= 0.6 is 0 Å². The van der Waals surface area contributed by atoms with E-state index >= 15 is 0 Å². The van der Waals surface area contributed by atoms with Crippen LogP contribution in [0.25, 0.3) is 0 Å². The first-order chi connectivity index (χ1) is 15.4. The number of nitrogens with one attached hydrogen (secondary N) is 2. The maximum absolute atomic E-state index is 12.3. The summed E-state index contributed by atoms with van der Waals surface area (Å²) in [5.74, 6) is 0.632. The van der Waals surface area contributed by atoms with Crippen LogP contribution in [0, 0.1) is 5.92 Å². The molecule has 0 aromatic heterocycles. The van der Waals surface area contributed by atoms with E-state index in [1.807, 2.05) is 0 Å². The van der Waals surface area contributed by atoms with Crippen molar-refractivity contribution >= 4 is 6.03 Å². The molecule has 3 atom stereocenters. The van der Waals surface area contributed by atoms with E-state index in [1.54, 1.807) is 12.6 Å². The molecular formula is C28H49N3O. The van der Waals surface area contributed by atoms with Gasteiger partial charge in [0.05, 0.1) is 0 Å². The van der Waals surface area contributed by atoms with Crippen molar-refractivity contribution in [1.82, 2.24) is 15.5 Å². The molecule has 0 bridgehead atoms. The van der Waals surface area contributed by atoms with E-state index in [2.05, 4.69) is 74.4 Å². The third-order valence-electron chi connectivity index (χ3n) is 7.53. The number of fused-ring (bicyclic) bond motifs is 1. The molecule has 2 amide bonds. The van der Waals surface area contributed by atoms with Crippen LogP contribution in [0.3, 0.4) is 0 Å². The van der Waals surface area contributed by atoms with Gasteiger partial charge < -0.3 is 10.6 Å². The molecule has 1 aliphatic rings. The Kier molecular flexibility index (Phi) is 11.0. The van der Waals surface area contributed by atoms with E-state index in [4.69, 9.17) is 0 Å². The zero-order chi connectivity index (χ0) is 23.6. The molecule has 0 spiro atoms. The van der Waals surface area contributed by atoms with E-state index < -0.39 is 0 Å². The first kappa shape index (κ1) is 26.7. The van der Waals surface area contributed by atoms with Crippen molar-refractivity contribution in [2.75, 3.05) is 13.6 Å². The lowest BCUT2D eigenvalue weighted by Gasteiger charge is -2.51. The molecule has 32 heavy (non-hydrogen) atoms. The van der Waals surface area contributed by atoms with Crippen LogP contribution in [0.4, 0.5) is 4.79 Å². The van der Waals surface area contributed by atoms with Crippen molar-refractivity contribution in [3.8, 4) is 0 Å². The largest absolute Gasteiger partial charge is 0.341 e. The molecule has 0 saturated carbocycles. The minimum absolute atomic E-state index is 0.0542. The molecule has 0 aliphatic carbocycles. The molecular weight excluding hydrogens is 394 g/mol. The van der Waals surface area contributed by atoms with Gasteiger partial charge in [0.1, 0.15) is 0 Å². The number of urea groups is 1. The number of amides is 2. The summed E-state index contributed by atoms with van der Waals surface area (Å²) < 4.78 is 0. The molecule has 1 aliphatic heterocycles. The third-order valence-corrected chi connectivity index (χ3v) is 7.53. The molecule has 182 valence electrons. The van der Waals surface area contributed by atoms with Gasteiger partial charge in [0, 0.05) is 37.6 Å². The van der Waals surface area contributed by atoms with Gasteiger partial charge in [-0.05, 0) is 56.6 Å². The summed E-state index contributed by atoms with van der Waals surface area (Å²) in [6.07, 6.45) is 10.7. The van der Waals surface area contributed by atoms with Gasteiger partial charge in [0.15, 0.2) is 0 Å². The first-order valence-electron chi connectivity index (χ1n) is 13.2. The van der Waals surface area contributed by atoms with Crippen LogP contribution in [0.15, 0.2) is 24.3 Å². The van der Waals surface area contributed by atoms with Crippen LogP contribution in [0.5, 0.6) is 0 Å². The minimum Gasteiger partial charge on any atom is -0.341 e. The number of rotatable bonds is 13. The number of carbonyl (C=O) groups is 1. The summed E-state index contributed by atoms with van der Waals surface area (Å²) in [6.45, 7) is 13.6. The Balaban J connectivity index is 2.57. The average Bonchev–Trinajstić information content (AvgIpc) is 2.78. The quantitative estimate of drug-likeness (QED) is 0.336. The van der Waals surface area contributed by atoms with Gasteiger partial charge in [-0.25, -0.2) is 4.79 Å². The number of carbonyl (C=O) groups excluding carboxylic acids is 1. The molecule has 4 heteroatoms. The van der Waals surface area contributed by atoms with Gasteiger partial charge >= 0.3 is 6.03 Å². The molecule has 4 nitrogen and oxygen atoms in total. The SMILES string of the molecule is CCCCCC(CCC)C1(CC(CCC)NC(=O)NC)CN(C(C)C)Cc2ccccc21. The van der Waals surface area contributed by atoms with Crippen LogP contribution in [-0.2, 0) is 12.0 Å². The highest BCUT2D eigenvalue weighted by Crippen LogP contribution is 2.47. The number of unbranched alkanes of at least 4 members (excludes halogenated alkanes) is 2. The summed E-state index contributed by atoms with van der Waals surface area (Å²) in [5.41, 5.74) is 3.11. The Morgan fingerprint density at radius 2 is 1.75 bits per heavy atom. The van der Waals surface area contributed by atoms with Crippen molar-refractivity contribution < 1.29 is 4.79 Å². The Morgan fingerprint density at radius 1 is 1.03 bits per heavy atom. The Hall–Kier alpha value is -1.55. The van der Waals surface area contributed by atoms with Gasteiger partial charge in [-0.2, -0.15) is 0 Å². The Bertz CT molecular complexity index is 689. The normalized spacial score (nSPS) is 20.6. The van der Waals surface area contributed by atoms with Gasteiger partial charge in [0.25, 0.3) is 0 Å². The Labute approximate surface area is 197 Å². The zero-order valence-corrected chi connectivity index (χ0v) is 21.7. The van der Waals surface area contributed by atoms with Gasteiger partial charge in [-0.1, -0.05) is 77.1 Å². The van der Waals surface area contributed by atoms with E-state index in [-0.39, 0.29) is 17.5 Å². The van der Waals surface area contributed by atoms with Crippen molar-refractivity contribution in [3.63, 3.8) is 0 Å². The second-order valence-electron chi connectivity index (χ2n) is 10.2. The van der Waals surface area contributed by atoms with Crippen molar-refractivity contribution in [1.29, 1.82) is 0 Å². The number of benzene rings is 1. The fourth-order valence-electron chi connectivity index (χ4n) is 5.88. The monoisotopic (exact) mass is 443 g/mol. The fourth-order valence-corrected chi connectivity index (χ4v) is 5.88. The lowest BCUT2D eigenvalue weighted by atomic mass is 9.60. The molecule has 1 heterocycles. The van der Waals surface area contributed by atoms with Crippen molar-refractivity contribution in [3.05, 3.63) is 35.4 Å². The van der Waals surface area contributed by atoms with Gasteiger partial charge in [-0.3, -0.25) is 4.90 Å². The second-order valence-corrected chi connectivity index (χ2v) is 10.2. The molecule has 3 unspecified atom stereocenters. The standard InChI is InChI=1S/C28H49N3O/c1-7-10-11-17-24(14-8-2)28(19-25(15-9-3)30-27(32)29-6)21-31(22(4)5)20-23-16-12-13-18-26(23)28/h12-13,16,18,22,24-25H,7-11,14-15,17,19-21H2,1-6H3,(H2,29,30,32). The highest BCUT2D eigenvalue weighted by molar-refractivity contribution is 5.73.